The molecule has 2 aliphatic heterocycles. The van der Waals surface area contributed by atoms with Crippen LogP contribution in [-0.2, 0) is 21.2 Å². The van der Waals surface area contributed by atoms with Crippen LogP contribution in [-0.4, -0.2) is 52.4 Å². The Morgan fingerprint density at radius 3 is 2.88 bits per heavy atom. The fourth-order valence-electron chi connectivity index (χ4n) is 3.14. The maximum Gasteiger partial charge on any atom is 0.233 e. The van der Waals surface area contributed by atoms with Gasteiger partial charge in [0, 0.05) is 19.0 Å². The topological polar surface area (TPSA) is 93.9 Å². The summed E-state index contributed by atoms with van der Waals surface area (Å²) in [7, 11) is -2.98. The van der Waals surface area contributed by atoms with Crippen molar-refractivity contribution in [2.75, 3.05) is 18.1 Å². The molecule has 7 nitrogen and oxygen atoms in total. The van der Waals surface area contributed by atoms with E-state index in [0.29, 0.717) is 23.9 Å². The Morgan fingerprint density at radius 1 is 1.33 bits per heavy atom. The molecule has 2 aliphatic rings. The van der Waals surface area contributed by atoms with Crippen molar-refractivity contribution in [3.05, 3.63) is 18.5 Å². The van der Waals surface area contributed by atoms with E-state index in [-0.39, 0.29) is 28.6 Å². The lowest BCUT2D eigenvalue weighted by Crippen LogP contribution is -2.30. The van der Waals surface area contributed by atoms with Crippen molar-refractivity contribution in [1.82, 2.24) is 20.1 Å². The second kappa shape index (κ2) is 7.26. The van der Waals surface area contributed by atoms with Gasteiger partial charge in [0.25, 0.3) is 0 Å². The molecule has 0 spiro atoms. The van der Waals surface area contributed by atoms with Crippen molar-refractivity contribution in [3.63, 3.8) is 0 Å². The first-order valence-electron chi connectivity index (χ1n) is 8.19. The normalized spacial score (nSPS) is 26.8. The van der Waals surface area contributed by atoms with E-state index in [1.165, 1.54) is 11.8 Å². The first-order valence-corrected chi connectivity index (χ1v) is 10.9. The predicted octanol–water partition coefficient (Wildman–Crippen LogP) is 1.13. The molecule has 1 aromatic heterocycles. The van der Waals surface area contributed by atoms with E-state index in [1.807, 2.05) is 4.57 Å². The highest BCUT2D eigenvalue weighted by molar-refractivity contribution is 8.00. The average Bonchev–Trinajstić information content (AvgIpc) is 3.02. The van der Waals surface area contributed by atoms with Crippen LogP contribution in [0.15, 0.2) is 17.8 Å². The highest BCUT2D eigenvalue weighted by atomic mass is 32.2. The van der Waals surface area contributed by atoms with Gasteiger partial charge in [-0.15, -0.1) is 16.8 Å². The van der Waals surface area contributed by atoms with Crippen LogP contribution >= 0.6 is 11.8 Å². The maximum absolute atomic E-state index is 12.1. The zero-order chi connectivity index (χ0) is 17.2. The third-order valence-corrected chi connectivity index (χ3v) is 7.40. The molecule has 2 fully saturated rings. The Hall–Kier alpha value is -1.35. The van der Waals surface area contributed by atoms with Gasteiger partial charge < -0.3 is 9.88 Å². The van der Waals surface area contributed by atoms with Gasteiger partial charge in [0.1, 0.15) is 5.82 Å². The lowest BCUT2D eigenvalue weighted by molar-refractivity contribution is -0.120. The van der Waals surface area contributed by atoms with E-state index >= 15 is 0 Å². The zero-order valence-corrected chi connectivity index (χ0v) is 15.1. The summed E-state index contributed by atoms with van der Waals surface area (Å²) in [5, 5.41) is 11.9. The number of hydrogen-bond acceptors (Lipinski definition) is 6. The van der Waals surface area contributed by atoms with Crippen LogP contribution in [0.4, 0.5) is 0 Å². The predicted molar refractivity (Wildman–Crippen MR) is 92.7 cm³/mol. The summed E-state index contributed by atoms with van der Waals surface area (Å²) in [6, 6.07) is 0. The van der Waals surface area contributed by atoms with E-state index in [2.05, 4.69) is 22.1 Å². The zero-order valence-electron chi connectivity index (χ0n) is 13.5. The van der Waals surface area contributed by atoms with E-state index in [1.54, 1.807) is 6.08 Å². The molecule has 2 atom stereocenters. The van der Waals surface area contributed by atoms with Crippen molar-refractivity contribution in [1.29, 1.82) is 0 Å². The minimum absolute atomic E-state index is 0.0376. The Balaban J connectivity index is 1.83. The van der Waals surface area contributed by atoms with Crippen molar-refractivity contribution in [2.45, 2.75) is 48.6 Å². The largest absolute Gasteiger partial charge is 0.355 e. The molecule has 3 rings (SSSR count). The summed E-state index contributed by atoms with van der Waals surface area (Å²) < 4.78 is 25.4. The third-order valence-electron chi connectivity index (χ3n) is 4.39. The molecule has 9 heteroatoms. The van der Waals surface area contributed by atoms with Gasteiger partial charge in [-0.05, 0) is 19.3 Å². The van der Waals surface area contributed by atoms with Crippen LogP contribution < -0.4 is 5.32 Å². The molecule has 132 valence electrons. The molecule has 24 heavy (non-hydrogen) atoms. The second-order valence-corrected chi connectivity index (χ2v) is 9.63. The molecule has 0 radical (unpaired) electrons. The Labute approximate surface area is 146 Å². The van der Waals surface area contributed by atoms with Gasteiger partial charge in [0.2, 0.25) is 5.91 Å². The van der Waals surface area contributed by atoms with E-state index in [9.17, 15) is 13.2 Å². The summed E-state index contributed by atoms with van der Waals surface area (Å²) in [4.78, 5) is 12.1. The van der Waals surface area contributed by atoms with Crippen molar-refractivity contribution in [2.24, 2.45) is 0 Å². The summed E-state index contributed by atoms with van der Waals surface area (Å²) in [5.41, 5.74) is 0. The third kappa shape index (κ3) is 3.83. The van der Waals surface area contributed by atoms with Crippen molar-refractivity contribution >= 4 is 27.5 Å². The number of nitrogens with zero attached hydrogens (tertiary/aromatic N) is 3. The second-order valence-electron chi connectivity index (χ2n) is 6.23. The number of thioether (sulfide) groups is 1. The van der Waals surface area contributed by atoms with Crippen LogP contribution in [0, 0.1) is 0 Å². The van der Waals surface area contributed by atoms with Crippen LogP contribution in [0.25, 0.3) is 0 Å². The number of carbonyl (C=O) groups excluding carboxylic acids is 1. The van der Waals surface area contributed by atoms with Gasteiger partial charge in [-0.2, -0.15) is 0 Å². The molecule has 1 amide bonds. The lowest BCUT2D eigenvalue weighted by atomic mass is 10.1. The Morgan fingerprint density at radius 2 is 2.17 bits per heavy atom. The number of nitrogens with one attached hydrogen (secondary N) is 1. The van der Waals surface area contributed by atoms with E-state index in [4.69, 9.17) is 0 Å². The average molecular weight is 371 g/mol. The Bertz CT molecular complexity index is 729. The van der Waals surface area contributed by atoms with E-state index in [0.717, 1.165) is 25.8 Å². The highest BCUT2D eigenvalue weighted by Gasteiger charge is 2.34. The molecule has 2 saturated heterocycles. The van der Waals surface area contributed by atoms with Crippen LogP contribution in [0.2, 0.25) is 0 Å². The number of aromatic nitrogens is 3. The maximum atomic E-state index is 12.1. The van der Waals surface area contributed by atoms with Gasteiger partial charge in [0.15, 0.2) is 15.0 Å². The lowest BCUT2D eigenvalue weighted by Gasteiger charge is -2.14. The first-order chi connectivity index (χ1) is 11.5. The number of carbonyl (C=O) groups is 1. The summed E-state index contributed by atoms with van der Waals surface area (Å²) in [5.74, 6) is 0.922. The number of allylic oxidation sites excluding steroid dienone is 1. The number of amides is 1. The standard InChI is InChI=1S/C15H22N4O3S2/c1-2-8-19-13(11-6-9-24(21,22)10-11)17-18-15(19)23-12-5-3-4-7-16-14(12)20/h2,11-12H,1,3-10H2,(H,16,20)/t11-,12+/m1/s1. The summed E-state index contributed by atoms with van der Waals surface area (Å²) in [6.45, 7) is 5.00. The van der Waals surface area contributed by atoms with Crippen LogP contribution in [0.5, 0.6) is 0 Å². The molecule has 1 aromatic rings. The number of hydrogen-bond donors (Lipinski definition) is 1. The molecule has 0 bridgehead atoms. The molecular formula is C15H22N4O3S2. The molecule has 3 heterocycles. The van der Waals surface area contributed by atoms with Crippen molar-refractivity contribution in [3.8, 4) is 0 Å². The fraction of sp³-hybridized carbons (Fsp3) is 0.667. The Kier molecular flexibility index (Phi) is 5.29. The smallest absolute Gasteiger partial charge is 0.233 e. The molecule has 0 unspecified atom stereocenters. The van der Waals surface area contributed by atoms with Gasteiger partial charge in [-0.3, -0.25) is 4.79 Å². The SMILES string of the molecule is C=CCn1c(S[C@H]2CCCCNC2=O)nnc1[C@@H]1CCS(=O)(=O)C1. The number of sulfone groups is 1. The molecular weight excluding hydrogens is 348 g/mol. The number of rotatable bonds is 5. The van der Waals surface area contributed by atoms with Gasteiger partial charge in [-0.1, -0.05) is 24.3 Å². The van der Waals surface area contributed by atoms with Gasteiger partial charge >= 0.3 is 0 Å². The van der Waals surface area contributed by atoms with E-state index < -0.39 is 9.84 Å². The molecule has 1 N–H and O–H groups in total. The van der Waals surface area contributed by atoms with Crippen LogP contribution in [0.1, 0.15) is 37.4 Å². The molecule has 0 aliphatic carbocycles. The first kappa shape index (κ1) is 17.5. The van der Waals surface area contributed by atoms with Gasteiger partial charge in [-0.25, -0.2) is 8.42 Å². The van der Waals surface area contributed by atoms with Crippen molar-refractivity contribution < 1.29 is 13.2 Å². The highest BCUT2D eigenvalue weighted by Crippen LogP contribution is 2.32. The summed E-state index contributed by atoms with van der Waals surface area (Å²) >= 11 is 1.41. The molecule has 0 saturated carbocycles. The van der Waals surface area contributed by atoms with Gasteiger partial charge in [0.05, 0.1) is 16.8 Å². The minimum atomic E-state index is -2.98. The molecule has 0 aromatic carbocycles. The summed E-state index contributed by atoms with van der Waals surface area (Å²) in [6.07, 6.45) is 5.12. The monoisotopic (exact) mass is 370 g/mol. The fourth-order valence-corrected chi connectivity index (χ4v) is 5.99. The van der Waals surface area contributed by atoms with Crippen LogP contribution in [0.3, 0.4) is 0 Å². The minimum Gasteiger partial charge on any atom is -0.355 e. The quantitative estimate of drug-likeness (QED) is 0.781.